The Morgan fingerprint density at radius 2 is 1.73 bits per heavy atom. The summed E-state index contributed by atoms with van der Waals surface area (Å²) in [6.45, 7) is -0.924. The largest absolute Gasteiger partial charge is 0.519 e. The summed E-state index contributed by atoms with van der Waals surface area (Å²) in [7, 11) is 0. The zero-order valence-electron chi connectivity index (χ0n) is 5.14. The zero-order chi connectivity index (χ0) is 8.85. The first-order chi connectivity index (χ1) is 5.02. The smallest absolute Gasteiger partial charge is 0.479 e. The van der Waals surface area contributed by atoms with Crippen molar-refractivity contribution >= 4 is 18.3 Å². The van der Waals surface area contributed by atoms with Crippen LogP contribution in [0.4, 0.5) is 9.59 Å². The number of carbonyl (C=O) groups excluding carboxylic acids is 1. The molecule has 7 heteroatoms. The van der Waals surface area contributed by atoms with E-state index in [9.17, 15) is 14.4 Å². The molecule has 0 aromatic heterocycles. The van der Waals surface area contributed by atoms with Crippen LogP contribution in [0.2, 0.25) is 0 Å². The van der Waals surface area contributed by atoms with Crippen LogP contribution >= 0.6 is 0 Å². The van der Waals surface area contributed by atoms with Crippen LogP contribution < -0.4 is 0 Å². The molecule has 7 nitrogen and oxygen atoms in total. The molecule has 0 aliphatic rings. The normalized spacial score (nSPS) is 8.36. The molecule has 0 rings (SSSR count). The van der Waals surface area contributed by atoms with E-state index in [-0.39, 0.29) is 0 Å². The second-order valence-corrected chi connectivity index (χ2v) is 1.30. The van der Waals surface area contributed by atoms with Crippen molar-refractivity contribution in [3.8, 4) is 0 Å². The summed E-state index contributed by atoms with van der Waals surface area (Å²) in [5.41, 5.74) is 0. The lowest BCUT2D eigenvalue weighted by molar-refractivity contribution is -0.141. The van der Waals surface area contributed by atoms with Gasteiger partial charge in [-0.05, 0) is 0 Å². The van der Waals surface area contributed by atoms with E-state index >= 15 is 0 Å². The van der Waals surface area contributed by atoms with Crippen molar-refractivity contribution in [1.82, 2.24) is 0 Å². The summed E-state index contributed by atoms with van der Waals surface area (Å²) in [5, 5.41) is 15.7. The molecule has 0 aromatic rings. The van der Waals surface area contributed by atoms with Crippen LogP contribution in [0.5, 0.6) is 0 Å². The quantitative estimate of drug-likeness (QED) is 0.433. The zero-order valence-corrected chi connectivity index (χ0v) is 5.14. The number of rotatable bonds is 2. The van der Waals surface area contributed by atoms with Gasteiger partial charge in [0.05, 0.1) is 0 Å². The molecule has 2 N–H and O–H groups in total. The third-order valence-electron chi connectivity index (χ3n) is 0.484. The maximum Gasteiger partial charge on any atom is 0.519 e. The lowest BCUT2D eigenvalue weighted by atomic mass is 10.7. The van der Waals surface area contributed by atoms with Crippen molar-refractivity contribution in [3.05, 3.63) is 0 Å². The Hall–Kier alpha value is -1.79. The highest BCUT2D eigenvalue weighted by Gasteiger charge is 2.10. The van der Waals surface area contributed by atoms with Gasteiger partial charge in [-0.3, -0.25) is 0 Å². The summed E-state index contributed by atoms with van der Waals surface area (Å²) in [4.78, 5) is 29.4. The molecule has 0 atom stereocenters. The van der Waals surface area contributed by atoms with Crippen molar-refractivity contribution in [2.45, 2.75) is 0 Å². The van der Waals surface area contributed by atoms with Gasteiger partial charge in [-0.25, -0.2) is 14.4 Å². The Balaban J connectivity index is 3.53. The van der Waals surface area contributed by atoms with Crippen LogP contribution in [0.1, 0.15) is 0 Å². The van der Waals surface area contributed by atoms with Gasteiger partial charge in [0.15, 0.2) is 6.61 Å². The molecule has 0 aliphatic heterocycles. The summed E-state index contributed by atoms with van der Waals surface area (Å²) in [6.07, 6.45) is -3.40. The Bertz CT molecular complexity index is 183. The van der Waals surface area contributed by atoms with Crippen molar-refractivity contribution in [1.29, 1.82) is 0 Å². The number of hydrogen-bond acceptors (Lipinski definition) is 5. The molecule has 0 radical (unpaired) electrons. The Labute approximate surface area is 60.1 Å². The van der Waals surface area contributed by atoms with E-state index in [1.165, 1.54) is 0 Å². The van der Waals surface area contributed by atoms with Crippen LogP contribution in [0.15, 0.2) is 0 Å². The molecular weight excluding hydrogens is 160 g/mol. The van der Waals surface area contributed by atoms with E-state index in [4.69, 9.17) is 10.2 Å². The van der Waals surface area contributed by atoms with E-state index in [0.29, 0.717) is 0 Å². The lowest BCUT2D eigenvalue weighted by Crippen LogP contribution is -2.16. The predicted molar refractivity (Wildman–Crippen MR) is 28.1 cm³/mol. The summed E-state index contributed by atoms with van der Waals surface area (Å²) >= 11 is 0. The van der Waals surface area contributed by atoms with Gasteiger partial charge in [0.2, 0.25) is 0 Å². The van der Waals surface area contributed by atoms with Gasteiger partial charge < -0.3 is 19.7 Å². The second-order valence-electron chi connectivity index (χ2n) is 1.30. The first-order valence-corrected chi connectivity index (χ1v) is 2.31. The van der Waals surface area contributed by atoms with Crippen molar-refractivity contribution in [2.24, 2.45) is 0 Å². The fraction of sp³-hybridized carbons (Fsp3) is 0.250. The van der Waals surface area contributed by atoms with Crippen LogP contribution in [0.3, 0.4) is 0 Å². The minimum atomic E-state index is -1.85. The number of carboxylic acids is 1. The highest BCUT2D eigenvalue weighted by atomic mass is 16.8. The van der Waals surface area contributed by atoms with Gasteiger partial charge in [-0.2, -0.15) is 0 Å². The van der Waals surface area contributed by atoms with Gasteiger partial charge in [0.25, 0.3) is 0 Å². The number of carbonyl (C=O) groups is 3. The molecule has 0 saturated carbocycles. The third-order valence-corrected chi connectivity index (χ3v) is 0.484. The molecule has 0 fully saturated rings. The Morgan fingerprint density at radius 3 is 2.09 bits per heavy atom. The molecule has 0 amide bonds. The average molecular weight is 164 g/mol. The first-order valence-electron chi connectivity index (χ1n) is 2.31. The van der Waals surface area contributed by atoms with Gasteiger partial charge in [0.1, 0.15) is 0 Å². The van der Waals surface area contributed by atoms with Crippen LogP contribution in [0, 0.1) is 0 Å². The summed E-state index contributed by atoms with van der Waals surface area (Å²) in [5.74, 6) is -1.40. The Kier molecular flexibility index (Phi) is 3.43. The fourth-order valence-electron chi connectivity index (χ4n) is 0.221. The van der Waals surface area contributed by atoms with E-state index in [1.54, 1.807) is 0 Å². The maximum absolute atomic E-state index is 10.1. The highest BCUT2D eigenvalue weighted by Crippen LogP contribution is 1.85. The Morgan fingerprint density at radius 1 is 1.18 bits per heavy atom. The van der Waals surface area contributed by atoms with E-state index in [2.05, 4.69) is 9.47 Å². The molecule has 0 aliphatic carbocycles. The van der Waals surface area contributed by atoms with E-state index in [1.807, 2.05) is 0 Å². The molecule has 0 aromatic carbocycles. The number of carboxylic acid groups (broad SMARTS) is 2. The van der Waals surface area contributed by atoms with Gasteiger partial charge >= 0.3 is 18.3 Å². The minimum Gasteiger partial charge on any atom is -0.479 e. The van der Waals surface area contributed by atoms with Gasteiger partial charge in [0, 0.05) is 0 Å². The van der Waals surface area contributed by atoms with Crippen molar-refractivity contribution in [2.75, 3.05) is 6.61 Å². The van der Waals surface area contributed by atoms with E-state index in [0.717, 1.165) is 0 Å². The minimum absolute atomic E-state index is 0.924. The topological polar surface area (TPSA) is 110 Å². The molecular formula is C4H4O7. The molecule has 0 bridgehead atoms. The lowest BCUT2D eigenvalue weighted by Gasteiger charge is -1.97. The molecule has 0 saturated heterocycles. The van der Waals surface area contributed by atoms with Gasteiger partial charge in [-0.1, -0.05) is 0 Å². The molecule has 0 heterocycles. The number of hydrogen-bond donors (Lipinski definition) is 2. The SMILES string of the molecule is O=C(O)COC(=O)OC(=O)O. The first kappa shape index (κ1) is 9.21. The molecule has 0 unspecified atom stereocenters. The van der Waals surface area contributed by atoms with Crippen LogP contribution in [-0.2, 0) is 14.3 Å². The highest BCUT2D eigenvalue weighted by molar-refractivity contribution is 5.77. The molecule has 62 valence electrons. The number of ether oxygens (including phenoxy) is 2. The van der Waals surface area contributed by atoms with Crippen molar-refractivity contribution in [3.63, 3.8) is 0 Å². The predicted octanol–water partition coefficient (Wildman–Crippen LogP) is -0.0978. The number of aliphatic carboxylic acids is 1. The van der Waals surface area contributed by atoms with Gasteiger partial charge in [-0.15, -0.1) is 0 Å². The van der Waals surface area contributed by atoms with Crippen molar-refractivity contribution < 1.29 is 34.1 Å². The summed E-state index contributed by atoms with van der Waals surface area (Å²) < 4.78 is 7.17. The van der Waals surface area contributed by atoms with Crippen LogP contribution in [-0.4, -0.2) is 35.1 Å². The summed E-state index contributed by atoms with van der Waals surface area (Å²) in [6, 6.07) is 0. The molecule has 11 heavy (non-hydrogen) atoms. The average Bonchev–Trinajstić information content (AvgIpc) is 1.82. The third kappa shape index (κ3) is 6.09. The fourth-order valence-corrected chi connectivity index (χ4v) is 0.221. The van der Waals surface area contributed by atoms with E-state index < -0.39 is 24.9 Å². The maximum atomic E-state index is 10.1. The second kappa shape index (κ2) is 4.09. The molecule has 0 spiro atoms. The standard InChI is InChI=1S/C4H4O7/c5-2(6)1-10-4(9)11-3(7)8/h1H2,(H,5,6)(H,7,8). The van der Waals surface area contributed by atoms with Crippen LogP contribution in [0.25, 0.3) is 0 Å². The monoisotopic (exact) mass is 164 g/mol.